The standard InChI is InChI=1S/C16H18BrN3OS.2ClH/c17-12-3-1-2-11(6-12)16-20-13(9-22-16)7-15(21)19-8-14(18)10-4-5-10;;/h1-3,6,9-10,14H,4-5,7-8,18H2,(H,19,21);2*1H. The smallest absolute Gasteiger partial charge is 0.226 e. The highest BCUT2D eigenvalue weighted by atomic mass is 79.9. The number of aromatic nitrogens is 1. The van der Waals surface area contributed by atoms with Gasteiger partial charge in [0.15, 0.2) is 0 Å². The molecule has 0 saturated heterocycles. The van der Waals surface area contributed by atoms with Crippen molar-refractivity contribution in [2.75, 3.05) is 6.54 Å². The molecule has 1 aliphatic carbocycles. The van der Waals surface area contributed by atoms with Gasteiger partial charge in [-0.2, -0.15) is 0 Å². The number of halogens is 3. The molecule has 1 amide bonds. The first kappa shape index (κ1) is 21.4. The highest BCUT2D eigenvalue weighted by Gasteiger charge is 2.28. The lowest BCUT2D eigenvalue weighted by Crippen LogP contribution is -2.39. The van der Waals surface area contributed by atoms with Crippen molar-refractivity contribution in [3.63, 3.8) is 0 Å². The Bertz CT molecular complexity index is 679. The maximum atomic E-state index is 12.0. The van der Waals surface area contributed by atoms with Crippen molar-refractivity contribution in [2.24, 2.45) is 11.7 Å². The Morgan fingerprint density at radius 3 is 2.83 bits per heavy atom. The molecule has 1 atom stereocenters. The Hall–Kier alpha value is -0.660. The van der Waals surface area contributed by atoms with Crippen LogP contribution in [0.3, 0.4) is 0 Å². The number of nitrogens with zero attached hydrogens (tertiary/aromatic N) is 1. The van der Waals surface area contributed by atoms with Crippen molar-refractivity contribution in [3.8, 4) is 10.6 Å². The number of carbonyl (C=O) groups is 1. The number of amides is 1. The van der Waals surface area contributed by atoms with Crippen molar-refractivity contribution >= 4 is 58.0 Å². The molecule has 1 aliphatic rings. The second kappa shape index (κ2) is 9.73. The number of hydrogen-bond donors (Lipinski definition) is 2. The molecule has 4 nitrogen and oxygen atoms in total. The van der Waals surface area contributed by atoms with Gasteiger partial charge in [0.2, 0.25) is 5.91 Å². The molecule has 0 spiro atoms. The Morgan fingerprint density at radius 2 is 2.17 bits per heavy atom. The van der Waals surface area contributed by atoms with E-state index in [0.717, 1.165) is 20.7 Å². The molecule has 2 aromatic rings. The number of benzene rings is 1. The molecule has 3 rings (SSSR count). The van der Waals surface area contributed by atoms with Crippen LogP contribution in [0.2, 0.25) is 0 Å². The van der Waals surface area contributed by atoms with Gasteiger partial charge in [-0.15, -0.1) is 36.2 Å². The number of nitrogens with two attached hydrogens (primary N) is 1. The van der Waals surface area contributed by atoms with Crippen LogP contribution in [-0.2, 0) is 11.2 Å². The van der Waals surface area contributed by atoms with E-state index in [1.807, 2.05) is 29.6 Å². The maximum Gasteiger partial charge on any atom is 0.226 e. The average Bonchev–Trinajstić information content (AvgIpc) is 3.25. The van der Waals surface area contributed by atoms with Gasteiger partial charge in [-0.25, -0.2) is 4.98 Å². The molecule has 1 aromatic carbocycles. The van der Waals surface area contributed by atoms with Crippen LogP contribution in [-0.4, -0.2) is 23.5 Å². The van der Waals surface area contributed by atoms with E-state index in [0.29, 0.717) is 18.9 Å². The first-order valence-corrected chi connectivity index (χ1v) is 9.01. The van der Waals surface area contributed by atoms with E-state index in [1.54, 1.807) is 11.3 Å². The van der Waals surface area contributed by atoms with Crippen LogP contribution < -0.4 is 11.1 Å². The first-order chi connectivity index (χ1) is 10.6. The average molecular weight is 453 g/mol. The third-order valence-corrected chi connectivity index (χ3v) is 5.16. The normalized spacial score (nSPS) is 14.2. The predicted molar refractivity (Wildman–Crippen MR) is 107 cm³/mol. The first-order valence-electron chi connectivity index (χ1n) is 7.34. The molecule has 1 aromatic heterocycles. The van der Waals surface area contributed by atoms with Crippen LogP contribution >= 0.6 is 52.1 Å². The summed E-state index contributed by atoms with van der Waals surface area (Å²) in [6.45, 7) is 0.562. The lowest BCUT2D eigenvalue weighted by Gasteiger charge is -2.10. The van der Waals surface area contributed by atoms with Gasteiger partial charge >= 0.3 is 0 Å². The summed E-state index contributed by atoms with van der Waals surface area (Å²) in [4.78, 5) is 16.5. The number of thiazole rings is 1. The molecule has 0 aliphatic heterocycles. The minimum atomic E-state index is -0.0119. The third kappa shape index (κ3) is 6.01. The van der Waals surface area contributed by atoms with E-state index >= 15 is 0 Å². The van der Waals surface area contributed by atoms with E-state index in [-0.39, 0.29) is 36.8 Å². The fourth-order valence-corrected chi connectivity index (χ4v) is 3.51. The molecule has 1 unspecified atom stereocenters. The number of hydrogen-bond acceptors (Lipinski definition) is 4. The van der Waals surface area contributed by atoms with Crippen LogP contribution in [0.15, 0.2) is 34.1 Å². The number of carbonyl (C=O) groups excluding carboxylic acids is 1. The van der Waals surface area contributed by atoms with Crippen LogP contribution in [0.1, 0.15) is 18.5 Å². The topological polar surface area (TPSA) is 68.0 Å². The molecule has 1 fully saturated rings. The highest BCUT2D eigenvalue weighted by molar-refractivity contribution is 9.10. The lowest BCUT2D eigenvalue weighted by molar-refractivity contribution is -0.120. The summed E-state index contributed by atoms with van der Waals surface area (Å²) in [5.74, 6) is 0.588. The monoisotopic (exact) mass is 451 g/mol. The van der Waals surface area contributed by atoms with Crippen LogP contribution in [0.4, 0.5) is 0 Å². The van der Waals surface area contributed by atoms with E-state index in [9.17, 15) is 4.79 Å². The Kier molecular flexibility index (Phi) is 8.67. The molecule has 3 N–H and O–H groups in total. The summed E-state index contributed by atoms with van der Waals surface area (Å²) < 4.78 is 1.02. The minimum Gasteiger partial charge on any atom is -0.354 e. The van der Waals surface area contributed by atoms with Gasteiger partial charge in [0.1, 0.15) is 5.01 Å². The molecule has 1 heterocycles. The molecule has 1 saturated carbocycles. The number of rotatable bonds is 6. The van der Waals surface area contributed by atoms with Crippen molar-refractivity contribution in [2.45, 2.75) is 25.3 Å². The third-order valence-electron chi connectivity index (χ3n) is 3.73. The van der Waals surface area contributed by atoms with Crippen LogP contribution in [0, 0.1) is 5.92 Å². The van der Waals surface area contributed by atoms with Crippen molar-refractivity contribution in [1.82, 2.24) is 10.3 Å². The zero-order valence-corrected chi connectivity index (χ0v) is 16.9. The zero-order valence-electron chi connectivity index (χ0n) is 12.9. The molecule has 8 heteroatoms. The largest absolute Gasteiger partial charge is 0.354 e. The Morgan fingerprint density at radius 1 is 1.42 bits per heavy atom. The summed E-state index contributed by atoms with van der Waals surface area (Å²) >= 11 is 5.01. The SMILES string of the molecule is Cl.Cl.NC(CNC(=O)Cc1csc(-c2cccc(Br)c2)n1)C1CC1. The van der Waals surface area contributed by atoms with Crippen LogP contribution in [0.25, 0.3) is 10.6 Å². The van der Waals surface area contributed by atoms with Gasteiger partial charge in [0.25, 0.3) is 0 Å². The van der Waals surface area contributed by atoms with Crippen molar-refractivity contribution in [3.05, 3.63) is 39.8 Å². The summed E-state index contributed by atoms with van der Waals surface area (Å²) in [5.41, 5.74) is 7.84. The van der Waals surface area contributed by atoms with Crippen molar-refractivity contribution < 1.29 is 4.79 Å². The Labute approximate surface area is 166 Å². The second-order valence-corrected chi connectivity index (χ2v) is 7.41. The summed E-state index contributed by atoms with van der Waals surface area (Å²) in [6.07, 6.45) is 2.69. The van der Waals surface area contributed by atoms with Gasteiger partial charge in [-0.05, 0) is 30.9 Å². The molecule has 24 heavy (non-hydrogen) atoms. The minimum absolute atomic E-state index is 0. The number of nitrogens with one attached hydrogen (secondary N) is 1. The van der Waals surface area contributed by atoms with Crippen LogP contribution in [0.5, 0.6) is 0 Å². The van der Waals surface area contributed by atoms with Gasteiger partial charge < -0.3 is 11.1 Å². The van der Waals surface area contributed by atoms with E-state index < -0.39 is 0 Å². The van der Waals surface area contributed by atoms with Gasteiger partial charge in [0.05, 0.1) is 12.1 Å². The quantitative estimate of drug-likeness (QED) is 0.699. The highest BCUT2D eigenvalue weighted by Crippen LogP contribution is 2.31. The van der Waals surface area contributed by atoms with Gasteiger partial charge in [-0.1, -0.05) is 28.1 Å². The van der Waals surface area contributed by atoms with Gasteiger partial charge in [-0.3, -0.25) is 4.79 Å². The molecule has 0 bridgehead atoms. The second-order valence-electron chi connectivity index (χ2n) is 5.64. The van der Waals surface area contributed by atoms with E-state index in [2.05, 4.69) is 26.2 Å². The van der Waals surface area contributed by atoms with E-state index in [4.69, 9.17) is 5.73 Å². The fraction of sp³-hybridized carbons (Fsp3) is 0.375. The Balaban J connectivity index is 0.00000144. The summed E-state index contributed by atoms with van der Waals surface area (Å²) in [7, 11) is 0. The molecular formula is C16H20BrCl2N3OS. The summed E-state index contributed by atoms with van der Waals surface area (Å²) in [6, 6.07) is 8.09. The summed E-state index contributed by atoms with van der Waals surface area (Å²) in [5, 5.41) is 5.77. The molecule has 0 radical (unpaired) electrons. The maximum absolute atomic E-state index is 12.0. The fourth-order valence-electron chi connectivity index (χ4n) is 2.29. The van der Waals surface area contributed by atoms with E-state index in [1.165, 1.54) is 12.8 Å². The molecular weight excluding hydrogens is 433 g/mol. The zero-order chi connectivity index (χ0) is 15.5. The van der Waals surface area contributed by atoms with Gasteiger partial charge in [0, 0.05) is 28.0 Å². The lowest BCUT2D eigenvalue weighted by atomic mass is 10.2. The predicted octanol–water partition coefficient (Wildman–Crippen LogP) is 3.81. The van der Waals surface area contributed by atoms with Crippen molar-refractivity contribution in [1.29, 1.82) is 0 Å². The molecule has 132 valence electrons.